The Morgan fingerprint density at radius 1 is 0.977 bits per heavy atom. The van der Waals surface area contributed by atoms with Gasteiger partial charge in [-0.2, -0.15) is 0 Å². The van der Waals surface area contributed by atoms with Gasteiger partial charge in [0.15, 0.2) is 9.84 Å². The summed E-state index contributed by atoms with van der Waals surface area (Å²) in [5, 5.41) is 27.8. The highest BCUT2D eigenvalue weighted by atomic mass is 32.2. The van der Waals surface area contributed by atoms with Crippen molar-refractivity contribution in [2.75, 3.05) is 5.75 Å². The number of benzene rings is 1. The fourth-order valence-electron chi connectivity index (χ4n) is 6.05. The molecule has 2 amide bonds. The van der Waals surface area contributed by atoms with Crippen LogP contribution in [0.25, 0.3) is 0 Å². The average Bonchev–Trinajstić information content (AvgIpc) is 3.71. The molecule has 1 aromatic heterocycles. The summed E-state index contributed by atoms with van der Waals surface area (Å²) in [4.78, 5) is 35.0. The summed E-state index contributed by atoms with van der Waals surface area (Å²) in [5.74, 6) is -1.53. The van der Waals surface area contributed by atoms with Crippen molar-refractivity contribution < 1.29 is 28.2 Å². The molecule has 0 unspecified atom stereocenters. The predicted octanol–water partition coefficient (Wildman–Crippen LogP) is 3.10. The van der Waals surface area contributed by atoms with Crippen molar-refractivity contribution >= 4 is 21.7 Å². The number of hydrogen-bond acceptors (Lipinski definition) is 7. The molecule has 2 saturated carbocycles. The second-order valence-electron chi connectivity index (χ2n) is 13.8. The molecule has 5 N–H and O–H groups in total. The molecule has 2 fully saturated rings. The van der Waals surface area contributed by atoms with Gasteiger partial charge >= 0.3 is 0 Å². The molecule has 244 valence electrons. The van der Waals surface area contributed by atoms with Crippen LogP contribution in [-0.2, 0) is 32.3 Å². The first kappa shape index (κ1) is 34.1. The summed E-state index contributed by atoms with van der Waals surface area (Å²) in [7, 11) is -3.67. The van der Waals surface area contributed by atoms with Gasteiger partial charge in [0.2, 0.25) is 11.8 Å². The Hall–Kier alpha value is -2.76. The molecule has 0 saturated heterocycles. The van der Waals surface area contributed by atoms with E-state index in [4.69, 9.17) is 0 Å². The number of sulfone groups is 1. The van der Waals surface area contributed by atoms with Gasteiger partial charge in [-0.1, -0.05) is 62.4 Å². The number of hydrogen-bond donors (Lipinski definition) is 5. The average molecular weight is 631 g/mol. The number of amides is 2. The zero-order chi connectivity index (χ0) is 31.9. The summed E-state index contributed by atoms with van der Waals surface area (Å²) in [6.07, 6.45) is 8.99. The molecule has 0 spiro atoms. The monoisotopic (exact) mass is 630 g/mol. The zero-order valence-electron chi connectivity index (χ0n) is 26.2. The lowest BCUT2D eigenvalue weighted by atomic mass is 9.82. The summed E-state index contributed by atoms with van der Waals surface area (Å²) in [6, 6.07) is 7.46. The van der Waals surface area contributed by atoms with Crippen LogP contribution in [0.5, 0.6) is 0 Å². The van der Waals surface area contributed by atoms with Crippen LogP contribution in [0, 0.1) is 17.8 Å². The van der Waals surface area contributed by atoms with E-state index < -0.39 is 56.6 Å². The Morgan fingerprint density at radius 3 is 2.25 bits per heavy atom. The quantitative estimate of drug-likeness (QED) is 0.202. The number of aliphatic hydroxyl groups is 2. The van der Waals surface area contributed by atoms with Crippen molar-refractivity contribution in [2.24, 2.45) is 17.8 Å². The van der Waals surface area contributed by atoms with E-state index in [0.717, 1.165) is 44.1 Å². The van der Waals surface area contributed by atoms with Crippen molar-refractivity contribution in [1.82, 2.24) is 20.6 Å². The fraction of sp³-hybridized carbons (Fsp3) is 0.667. The molecule has 44 heavy (non-hydrogen) atoms. The summed E-state index contributed by atoms with van der Waals surface area (Å²) >= 11 is 0. The molecule has 5 atom stereocenters. The minimum Gasteiger partial charge on any atom is -0.390 e. The number of H-pyrrole nitrogens is 1. The Morgan fingerprint density at radius 2 is 1.66 bits per heavy atom. The highest BCUT2D eigenvalue weighted by molar-refractivity contribution is 7.92. The van der Waals surface area contributed by atoms with Crippen LogP contribution in [0.15, 0.2) is 42.7 Å². The molecular weight excluding hydrogens is 580 g/mol. The smallest absolute Gasteiger partial charge is 0.243 e. The number of nitrogens with one attached hydrogen (secondary N) is 3. The fourth-order valence-corrected chi connectivity index (χ4v) is 7.35. The highest BCUT2D eigenvalue weighted by Crippen LogP contribution is 2.36. The topological polar surface area (TPSA) is 161 Å². The number of aromatic nitrogens is 2. The van der Waals surface area contributed by atoms with E-state index in [9.17, 15) is 28.2 Å². The maximum atomic E-state index is 13.9. The number of carbonyl (C=O) groups excluding carboxylic acids is 2. The largest absolute Gasteiger partial charge is 0.390 e. The molecule has 2 aliphatic carbocycles. The minimum atomic E-state index is -3.67. The van der Waals surface area contributed by atoms with E-state index in [1.54, 1.807) is 33.2 Å². The van der Waals surface area contributed by atoms with E-state index in [1.165, 1.54) is 6.42 Å². The van der Waals surface area contributed by atoms with Gasteiger partial charge in [0.25, 0.3) is 0 Å². The third kappa shape index (κ3) is 9.62. The molecule has 11 heteroatoms. The van der Waals surface area contributed by atoms with Crippen LogP contribution in [0.3, 0.4) is 0 Å². The van der Waals surface area contributed by atoms with E-state index in [1.807, 2.05) is 30.3 Å². The van der Waals surface area contributed by atoms with Crippen molar-refractivity contribution in [2.45, 2.75) is 114 Å². The zero-order valence-corrected chi connectivity index (χ0v) is 27.1. The standard InChI is InChI=1S/C33H50N4O6S/c1-33(2,3)44(42,43)21-25(18-22-10-6-4-7-11-22)31(40)37-27(20-28-34-16-17-35-28)32(41)36-26(19-23-12-8-5-9-13-23)30(39)29(38)24-14-15-24/h4,6-7,10-11,16-17,23-27,29-30,38-39H,5,8-9,12-15,18-21H2,1-3H3,(H,34,35)(H,36,41)(H,37,40)/t25-,26-,27-,29-,30+/m0/s1. The number of carbonyl (C=O) groups is 2. The lowest BCUT2D eigenvalue weighted by Gasteiger charge is -2.33. The van der Waals surface area contributed by atoms with Crippen molar-refractivity contribution in [3.05, 3.63) is 54.1 Å². The highest BCUT2D eigenvalue weighted by Gasteiger charge is 2.41. The van der Waals surface area contributed by atoms with Crippen molar-refractivity contribution in [3.63, 3.8) is 0 Å². The molecule has 2 aromatic rings. The number of imidazole rings is 1. The van der Waals surface area contributed by atoms with Crippen LogP contribution in [0.4, 0.5) is 0 Å². The lowest BCUT2D eigenvalue weighted by molar-refractivity contribution is -0.132. The Kier molecular flexibility index (Phi) is 11.6. The lowest BCUT2D eigenvalue weighted by Crippen LogP contribution is -2.57. The molecule has 0 radical (unpaired) electrons. The molecule has 2 aliphatic rings. The van der Waals surface area contributed by atoms with Crippen LogP contribution >= 0.6 is 0 Å². The van der Waals surface area contributed by atoms with Crippen molar-refractivity contribution in [3.8, 4) is 0 Å². The van der Waals surface area contributed by atoms with E-state index >= 15 is 0 Å². The third-order valence-corrected chi connectivity index (χ3v) is 11.8. The Balaban J connectivity index is 1.56. The van der Waals surface area contributed by atoms with Crippen LogP contribution in [0.2, 0.25) is 0 Å². The van der Waals surface area contributed by atoms with Gasteiger partial charge in [-0.15, -0.1) is 0 Å². The van der Waals surface area contributed by atoms with Gasteiger partial charge in [0.1, 0.15) is 18.0 Å². The number of aliphatic hydroxyl groups excluding tert-OH is 2. The van der Waals surface area contributed by atoms with Gasteiger partial charge in [-0.25, -0.2) is 13.4 Å². The number of aromatic amines is 1. The second-order valence-corrected chi connectivity index (χ2v) is 16.5. The van der Waals surface area contributed by atoms with Crippen molar-refractivity contribution in [1.29, 1.82) is 0 Å². The second kappa shape index (κ2) is 15.0. The molecule has 0 bridgehead atoms. The van der Waals surface area contributed by atoms with E-state index in [0.29, 0.717) is 18.2 Å². The first-order chi connectivity index (χ1) is 20.8. The molecule has 10 nitrogen and oxygen atoms in total. The number of rotatable bonds is 15. The van der Waals surface area contributed by atoms with Crippen LogP contribution < -0.4 is 10.6 Å². The first-order valence-electron chi connectivity index (χ1n) is 16.1. The predicted molar refractivity (Wildman–Crippen MR) is 169 cm³/mol. The Labute approximate surface area is 261 Å². The number of nitrogens with zero attached hydrogens (tertiary/aromatic N) is 1. The van der Waals surface area contributed by atoms with Crippen LogP contribution in [-0.4, -0.2) is 75.2 Å². The summed E-state index contributed by atoms with van der Waals surface area (Å²) in [5.41, 5.74) is 0.813. The summed E-state index contributed by atoms with van der Waals surface area (Å²) < 4.78 is 25.4. The first-order valence-corrected chi connectivity index (χ1v) is 17.7. The van der Waals surface area contributed by atoms with Gasteiger partial charge in [0.05, 0.1) is 28.6 Å². The molecule has 1 aromatic carbocycles. The SMILES string of the molecule is CC(C)(C)S(=O)(=O)C[C@H](Cc1ccccc1)C(=O)N[C@@H](Cc1ncc[nH]1)C(=O)N[C@@H](CC1CCCCC1)[C@@H](O)[C@@H](O)C1CC1. The normalized spacial score (nSPS) is 19.8. The minimum absolute atomic E-state index is 0.0258. The van der Waals surface area contributed by atoms with E-state index in [-0.39, 0.29) is 24.5 Å². The van der Waals surface area contributed by atoms with Gasteiger partial charge in [-0.05, 0) is 63.9 Å². The maximum Gasteiger partial charge on any atom is 0.243 e. The molecule has 0 aliphatic heterocycles. The third-order valence-electron chi connectivity index (χ3n) is 9.14. The molecule has 4 rings (SSSR count). The molecule has 1 heterocycles. The summed E-state index contributed by atoms with van der Waals surface area (Å²) in [6.45, 7) is 4.84. The maximum absolute atomic E-state index is 13.9. The molecular formula is C33H50N4O6S. The Bertz CT molecular complexity index is 1300. The van der Waals surface area contributed by atoms with Gasteiger partial charge < -0.3 is 25.8 Å². The van der Waals surface area contributed by atoms with E-state index in [2.05, 4.69) is 20.6 Å². The van der Waals surface area contributed by atoms with Crippen LogP contribution in [0.1, 0.15) is 83.5 Å². The van der Waals surface area contributed by atoms with Gasteiger partial charge in [0, 0.05) is 18.8 Å². The van der Waals surface area contributed by atoms with Gasteiger partial charge in [-0.3, -0.25) is 9.59 Å².